The highest BCUT2D eigenvalue weighted by Crippen LogP contribution is 2.20. The van der Waals surface area contributed by atoms with Gasteiger partial charge in [0.1, 0.15) is 0 Å². The maximum atomic E-state index is 12.8. The Morgan fingerprint density at radius 1 is 1.12 bits per heavy atom. The number of ether oxygens (including phenoxy) is 1. The van der Waals surface area contributed by atoms with E-state index in [4.69, 9.17) is 9.57 Å². The van der Waals surface area contributed by atoms with Crippen molar-refractivity contribution in [3.05, 3.63) is 58.7 Å². The van der Waals surface area contributed by atoms with E-state index in [9.17, 15) is 9.59 Å². The number of allylic oxidation sites excluding steroid dienone is 3. The zero-order chi connectivity index (χ0) is 22.8. The van der Waals surface area contributed by atoms with E-state index in [0.717, 1.165) is 42.6 Å². The Morgan fingerprint density at radius 2 is 1.88 bits per heavy atom. The maximum Gasteiger partial charge on any atom is 0.338 e. The standard InChI is InChI=1S/C25H33N3O4/c1-19-15-20(2)24-21(16-19)17-22(9-7-5-3-4-6-8-14-31-25(24)30)27-32-18-23(29)28-12-10-26-11-13-28/h4,6-7,9,15-16,26H,3,5,8,10-14,17-18H2,1-2H3/b6-4+,9-7+,27-22-. The number of esters is 1. The molecule has 2 heterocycles. The molecule has 1 amide bonds. The van der Waals surface area contributed by atoms with Crippen molar-refractivity contribution in [3.8, 4) is 0 Å². The number of hydrogen-bond acceptors (Lipinski definition) is 6. The topological polar surface area (TPSA) is 80.2 Å². The second-order valence-electron chi connectivity index (χ2n) is 8.16. The van der Waals surface area contributed by atoms with Gasteiger partial charge >= 0.3 is 5.97 Å². The molecule has 1 N–H and O–H groups in total. The average molecular weight is 440 g/mol. The average Bonchev–Trinajstić information content (AvgIpc) is 2.77. The van der Waals surface area contributed by atoms with Gasteiger partial charge in [-0.2, -0.15) is 0 Å². The number of benzene rings is 1. The first kappa shape index (κ1) is 23.7. The van der Waals surface area contributed by atoms with Gasteiger partial charge in [-0.1, -0.05) is 41.1 Å². The lowest BCUT2D eigenvalue weighted by atomic mass is 9.95. The minimum absolute atomic E-state index is 0.0680. The number of piperazine rings is 1. The first-order chi connectivity index (χ1) is 15.5. The highest BCUT2D eigenvalue weighted by Gasteiger charge is 2.19. The van der Waals surface area contributed by atoms with E-state index in [-0.39, 0.29) is 18.5 Å². The van der Waals surface area contributed by atoms with Gasteiger partial charge in [0, 0.05) is 32.6 Å². The molecular formula is C25H33N3O4. The number of cyclic esters (lactones) is 1. The summed E-state index contributed by atoms with van der Waals surface area (Å²) in [6.45, 7) is 7.14. The number of hydrogen-bond donors (Lipinski definition) is 1. The fourth-order valence-corrected chi connectivity index (χ4v) is 3.92. The van der Waals surface area contributed by atoms with Crippen LogP contribution in [0.3, 0.4) is 0 Å². The van der Waals surface area contributed by atoms with Crippen molar-refractivity contribution in [2.24, 2.45) is 5.16 Å². The Balaban J connectivity index is 1.80. The molecule has 0 radical (unpaired) electrons. The summed E-state index contributed by atoms with van der Waals surface area (Å²) in [5.41, 5.74) is 4.04. The third-order valence-electron chi connectivity index (χ3n) is 5.47. The van der Waals surface area contributed by atoms with Crippen molar-refractivity contribution >= 4 is 17.6 Å². The van der Waals surface area contributed by atoms with Gasteiger partial charge in [0.15, 0.2) is 6.61 Å². The van der Waals surface area contributed by atoms with Crippen LogP contribution in [0.1, 0.15) is 46.3 Å². The molecule has 3 rings (SSSR count). The Morgan fingerprint density at radius 3 is 2.69 bits per heavy atom. The van der Waals surface area contributed by atoms with Crippen molar-refractivity contribution in [1.29, 1.82) is 0 Å². The Hall–Kier alpha value is -2.93. The molecule has 2 aliphatic rings. The van der Waals surface area contributed by atoms with Crippen LogP contribution in [-0.2, 0) is 20.8 Å². The first-order valence-electron chi connectivity index (χ1n) is 11.3. The predicted octanol–water partition coefficient (Wildman–Crippen LogP) is 3.10. The summed E-state index contributed by atoms with van der Waals surface area (Å²) in [7, 11) is 0. The van der Waals surface area contributed by atoms with Gasteiger partial charge in [-0.3, -0.25) is 4.79 Å². The zero-order valence-corrected chi connectivity index (χ0v) is 19.1. The fraction of sp³-hybridized carbons (Fsp3) is 0.480. The van der Waals surface area contributed by atoms with E-state index in [2.05, 4.69) is 22.6 Å². The van der Waals surface area contributed by atoms with E-state index in [1.165, 1.54) is 0 Å². The smallest absolute Gasteiger partial charge is 0.338 e. The molecule has 172 valence electrons. The molecule has 1 aromatic carbocycles. The minimum atomic E-state index is -0.318. The summed E-state index contributed by atoms with van der Waals surface area (Å²) >= 11 is 0. The second kappa shape index (κ2) is 12.2. The molecule has 1 aromatic rings. The van der Waals surface area contributed by atoms with E-state index in [1.807, 2.05) is 38.1 Å². The van der Waals surface area contributed by atoms with Gasteiger partial charge in [0.2, 0.25) is 0 Å². The molecule has 7 nitrogen and oxygen atoms in total. The van der Waals surface area contributed by atoms with Crippen molar-refractivity contribution in [2.45, 2.75) is 39.5 Å². The van der Waals surface area contributed by atoms with Crippen LogP contribution in [-0.4, -0.2) is 61.9 Å². The van der Waals surface area contributed by atoms with Crippen LogP contribution in [0.5, 0.6) is 0 Å². The Bertz CT molecular complexity index is 899. The van der Waals surface area contributed by atoms with Crippen LogP contribution < -0.4 is 5.32 Å². The summed E-state index contributed by atoms with van der Waals surface area (Å²) in [5, 5.41) is 7.50. The lowest BCUT2D eigenvalue weighted by Crippen LogP contribution is -2.47. The molecule has 0 atom stereocenters. The second-order valence-corrected chi connectivity index (χ2v) is 8.16. The lowest BCUT2D eigenvalue weighted by molar-refractivity contribution is -0.136. The number of nitrogens with one attached hydrogen (secondary N) is 1. The van der Waals surface area contributed by atoms with E-state index < -0.39 is 0 Å². The minimum Gasteiger partial charge on any atom is -0.462 e. The number of carbonyl (C=O) groups excluding carboxylic acids is 2. The molecule has 32 heavy (non-hydrogen) atoms. The SMILES string of the molecule is Cc1cc(C)c2c(c1)CC(=N\OCC(=O)N1CCNCC1)/C=C/CC/C=C/CCOC2=O. The van der Waals surface area contributed by atoms with Gasteiger partial charge in [-0.15, -0.1) is 0 Å². The van der Waals surface area contributed by atoms with E-state index in [0.29, 0.717) is 43.8 Å². The Kier molecular flexibility index (Phi) is 9.04. The first-order valence-corrected chi connectivity index (χ1v) is 11.3. The van der Waals surface area contributed by atoms with Crippen LogP contribution in [0.4, 0.5) is 0 Å². The van der Waals surface area contributed by atoms with Crippen LogP contribution in [0.15, 0.2) is 41.6 Å². The van der Waals surface area contributed by atoms with Gasteiger partial charge in [0.05, 0.1) is 17.9 Å². The maximum absolute atomic E-state index is 12.8. The van der Waals surface area contributed by atoms with Crippen LogP contribution in [0.25, 0.3) is 0 Å². The predicted molar refractivity (Wildman–Crippen MR) is 125 cm³/mol. The number of nitrogens with zero attached hydrogens (tertiary/aromatic N) is 2. The normalized spacial score (nSPS) is 21.2. The van der Waals surface area contributed by atoms with Crippen molar-refractivity contribution < 1.29 is 19.2 Å². The highest BCUT2D eigenvalue weighted by molar-refractivity contribution is 6.00. The van der Waals surface area contributed by atoms with Gasteiger partial charge in [-0.05, 0) is 50.3 Å². The number of oxime groups is 1. The van der Waals surface area contributed by atoms with Gasteiger partial charge < -0.3 is 19.8 Å². The van der Waals surface area contributed by atoms with Crippen LogP contribution in [0.2, 0.25) is 0 Å². The van der Waals surface area contributed by atoms with Gasteiger partial charge in [0.25, 0.3) is 5.91 Å². The molecule has 0 aliphatic carbocycles. The largest absolute Gasteiger partial charge is 0.462 e. The number of amides is 1. The third kappa shape index (κ3) is 7.05. The molecule has 0 bridgehead atoms. The molecule has 0 unspecified atom stereocenters. The lowest BCUT2D eigenvalue weighted by Gasteiger charge is -2.26. The van der Waals surface area contributed by atoms with Gasteiger partial charge in [-0.25, -0.2) is 4.79 Å². The summed E-state index contributed by atoms with van der Waals surface area (Å²) in [6.07, 6.45) is 11.0. The van der Waals surface area contributed by atoms with E-state index >= 15 is 0 Å². The molecular weight excluding hydrogens is 406 g/mol. The van der Waals surface area contributed by atoms with Crippen LogP contribution >= 0.6 is 0 Å². The zero-order valence-electron chi connectivity index (χ0n) is 19.1. The summed E-state index contributed by atoms with van der Waals surface area (Å²) in [5.74, 6) is -0.386. The monoisotopic (exact) mass is 439 g/mol. The molecule has 1 fully saturated rings. The molecule has 0 aromatic heterocycles. The Labute approximate surface area is 190 Å². The molecule has 2 aliphatic heterocycles. The molecule has 0 saturated carbocycles. The number of fused-ring (bicyclic) bond motifs is 1. The third-order valence-corrected chi connectivity index (χ3v) is 5.47. The van der Waals surface area contributed by atoms with Crippen molar-refractivity contribution in [1.82, 2.24) is 10.2 Å². The van der Waals surface area contributed by atoms with E-state index in [1.54, 1.807) is 4.90 Å². The summed E-state index contributed by atoms with van der Waals surface area (Å²) in [6, 6.07) is 3.98. The number of rotatable bonds is 3. The molecule has 0 spiro atoms. The van der Waals surface area contributed by atoms with Crippen LogP contribution in [0, 0.1) is 13.8 Å². The van der Waals surface area contributed by atoms with Crippen molar-refractivity contribution in [2.75, 3.05) is 39.4 Å². The number of aryl methyl sites for hydroxylation is 2. The molecule has 7 heteroatoms. The quantitative estimate of drug-likeness (QED) is 0.445. The summed E-state index contributed by atoms with van der Waals surface area (Å²) in [4.78, 5) is 32.4. The highest BCUT2D eigenvalue weighted by atomic mass is 16.6. The summed E-state index contributed by atoms with van der Waals surface area (Å²) < 4.78 is 5.51. The van der Waals surface area contributed by atoms with Crippen molar-refractivity contribution in [3.63, 3.8) is 0 Å². The fourth-order valence-electron chi connectivity index (χ4n) is 3.92. The number of carbonyl (C=O) groups is 2. The molecule has 1 saturated heterocycles.